The summed E-state index contributed by atoms with van der Waals surface area (Å²) in [6.45, 7) is 3.88. The van der Waals surface area contributed by atoms with Gasteiger partial charge in [0, 0.05) is 10.6 Å². The second kappa shape index (κ2) is 4.79. The zero-order valence-corrected chi connectivity index (χ0v) is 8.43. The minimum Gasteiger partial charge on any atom is -0.444 e. The third-order valence-electron chi connectivity index (χ3n) is 1.33. The van der Waals surface area contributed by atoms with Crippen LogP contribution in [-0.4, -0.2) is 6.10 Å². The first kappa shape index (κ1) is 9.95. The van der Waals surface area contributed by atoms with Crippen molar-refractivity contribution in [1.29, 1.82) is 0 Å². The van der Waals surface area contributed by atoms with Gasteiger partial charge in [0.2, 0.25) is 0 Å². The normalized spacial score (nSPS) is 9.23. The van der Waals surface area contributed by atoms with Gasteiger partial charge in [-0.25, -0.2) is 0 Å². The van der Waals surface area contributed by atoms with Crippen LogP contribution in [0.3, 0.4) is 0 Å². The Morgan fingerprint density at radius 3 is 2.38 bits per heavy atom. The van der Waals surface area contributed by atoms with E-state index in [0.29, 0.717) is 0 Å². The smallest absolute Gasteiger partial charge is 0.115 e. The molecule has 0 fully saturated rings. The van der Waals surface area contributed by atoms with Crippen LogP contribution in [0.2, 0.25) is 5.02 Å². The Bertz CT molecular complexity index is 316. The molecule has 0 aliphatic carbocycles. The molecule has 0 aliphatic heterocycles. The highest BCUT2D eigenvalue weighted by Crippen LogP contribution is 2.08. The van der Waals surface area contributed by atoms with Crippen LogP contribution in [0.4, 0.5) is 0 Å². The summed E-state index contributed by atoms with van der Waals surface area (Å²) in [5.41, 5.74) is 0.907. The van der Waals surface area contributed by atoms with Crippen molar-refractivity contribution < 1.29 is 4.74 Å². The summed E-state index contributed by atoms with van der Waals surface area (Å²) >= 11 is 5.72. The first-order chi connectivity index (χ1) is 6.18. The molecule has 0 saturated carbocycles. The molecule has 0 bridgehead atoms. The van der Waals surface area contributed by atoms with Crippen molar-refractivity contribution >= 4 is 11.6 Å². The summed E-state index contributed by atoms with van der Waals surface area (Å²) in [5, 5.41) is 0.718. The fourth-order valence-corrected chi connectivity index (χ4v) is 0.865. The molecule has 1 nitrogen and oxygen atoms in total. The SMILES string of the molecule is CC(C)OC#Cc1ccc(Cl)cc1. The van der Waals surface area contributed by atoms with E-state index in [1.807, 2.05) is 26.0 Å². The second-order valence-electron chi connectivity index (χ2n) is 2.90. The second-order valence-corrected chi connectivity index (χ2v) is 3.34. The molecular weight excluding hydrogens is 184 g/mol. The maximum Gasteiger partial charge on any atom is 0.115 e. The van der Waals surface area contributed by atoms with Crippen LogP contribution < -0.4 is 0 Å². The summed E-state index contributed by atoms with van der Waals surface area (Å²) in [6, 6.07) is 7.33. The third kappa shape index (κ3) is 3.87. The summed E-state index contributed by atoms with van der Waals surface area (Å²) in [7, 11) is 0. The maximum absolute atomic E-state index is 5.72. The quantitative estimate of drug-likeness (QED) is 0.625. The predicted octanol–water partition coefficient (Wildman–Crippen LogP) is 3.07. The molecule has 0 heterocycles. The highest BCUT2D eigenvalue weighted by atomic mass is 35.5. The van der Waals surface area contributed by atoms with Crippen LogP contribution in [0.1, 0.15) is 19.4 Å². The fourth-order valence-electron chi connectivity index (χ4n) is 0.739. The van der Waals surface area contributed by atoms with Gasteiger partial charge in [-0.2, -0.15) is 0 Å². The Kier molecular flexibility index (Phi) is 3.67. The van der Waals surface area contributed by atoms with Gasteiger partial charge in [0.05, 0.1) is 0 Å². The molecule has 2 heteroatoms. The van der Waals surface area contributed by atoms with Crippen LogP contribution in [0, 0.1) is 12.0 Å². The van der Waals surface area contributed by atoms with Crippen LogP contribution in [0.15, 0.2) is 24.3 Å². The van der Waals surface area contributed by atoms with Crippen molar-refractivity contribution in [2.45, 2.75) is 20.0 Å². The molecule has 0 radical (unpaired) electrons. The molecule has 0 spiro atoms. The lowest BCUT2D eigenvalue weighted by Gasteiger charge is -1.97. The molecule has 0 atom stereocenters. The molecule has 0 saturated heterocycles. The van der Waals surface area contributed by atoms with Gasteiger partial charge in [-0.1, -0.05) is 11.6 Å². The number of hydrogen-bond donors (Lipinski definition) is 0. The third-order valence-corrected chi connectivity index (χ3v) is 1.59. The molecule has 13 heavy (non-hydrogen) atoms. The van der Waals surface area contributed by atoms with Crippen LogP contribution in [0.5, 0.6) is 0 Å². The first-order valence-electron chi connectivity index (χ1n) is 4.10. The van der Waals surface area contributed by atoms with E-state index >= 15 is 0 Å². The first-order valence-corrected chi connectivity index (χ1v) is 4.48. The average Bonchev–Trinajstić information content (AvgIpc) is 2.08. The summed E-state index contributed by atoms with van der Waals surface area (Å²) in [4.78, 5) is 0. The lowest BCUT2D eigenvalue weighted by atomic mass is 10.2. The zero-order chi connectivity index (χ0) is 9.68. The van der Waals surface area contributed by atoms with E-state index in [2.05, 4.69) is 12.0 Å². The lowest BCUT2D eigenvalue weighted by Crippen LogP contribution is -1.95. The van der Waals surface area contributed by atoms with Gasteiger partial charge in [0.25, 0.3) is 0 Å². The monoisotopic (exact) mass is 194 g/mol. The molecule has 1 rings (SSSR count). The van der Waals surface area contributed by atoms with E-state index in [1.165, 1.54) is 0 Å². The maximum atomic E-state index is 5.72. The number of hydrogen-bond acceptors (Lipinski definition) is 1. The van der Waals surface area contributed by atoms with E-state index in [-0.39, 0.29) is 6.10 Å². The Balaban J connectivity index is 2.62. The standard InChI is InChI=1S/C11H11ClO/c1-9(2)13-8-7-10-3-5-11(12)6-4-10/h3-6,9H,1-2H3. The van der Waals surface area contributed by atoms with Gasteiger partial charge in [-0.05, 0) is 44.0 Å². The summed E-state index contributed by atoms with van der Waals surface area (Å²) in [6.07, 6.45) is 2.77. The van der Waals surface area contributed by atoms with E-state index < -0.39 is 0 Å². The van der Waals surface area contributed by atoms with Gasteiger partial charge < -0.3 is 4.74 Å². The number of halogens is 1. The largest absolute Gasteiger partial charge is 0.444 e. The highest BCUT2D eigenvalue weighted by molar-refractivity contribution is 6.30. The summed E-state index contributed by atoms with van der Waals surface area (Å²) < 4.78 is 5.08. The van der Waals surface area contributed by atoms with Crippen molar-refractivity contribution in [3.8, 4) is 12.0 Å². The Morgan fingerprint density at radius 1 is 1.23 bits per heavy atom. The average molecular weight is 195 g/mol. The van der Waals surface area contributed by atoms with Gasteiger partial charge in [-0.3, -0.25) is 0 Å². The molecule has 0 N–H and O–H groups in total. The van der Waals surface area contributed by atoms with E-state index in [4.69, 9.17) is 16.3 Å². The van der Waals surface area contributed by atoms with Gasteiger partial charge in [0.1, 0.15) is 12.2 Å². The van der Waals surface area contributed by atoms with Crippen LogP contribution >= 0.6 is 11.6 Å². The molecule has 0 aliphatic rings. The van der Waals surface area contributed by atoms with Crippen molar-refractivity contribution in [1.82, 2.24) is 0 Å². The van der Waals surface area contributed by atoms with Gasteiger partial charge in [-0.15, -0.1) is 0 Å². The highest BCUT2D eigenvalue weighted by Gasteiger charge is 1.88. The molecule has 0 unspecified atom stereocenters. The minimum atomic E-state index is 0.139. The topological polar surface area (TPSA) is 9.23 Å². The molecule has 1 aromatic rings. The Morgan fingerprint density at radius 2 is 1.85 bits per heavy atom. The molecule has 1 aromatic carbocycles. The van der Waals surface area contributed by atoms with Crippen molar-refractivity contribution in [2.75, 3.05) is 0 Å². The number of ether oxygens (including phenoxy) is 1. The predicted molar refractivity (Wildman–Crippen MR) is 54.6 cm³/mol. The van der Waals surface area contributed by atoms with E-state index in [1.54, 1.807) is 12.1 Å². The summed E-state index contributed by atoms with van der Waals surface area (Å²) in [5.74, 6) is 2.87. The Labute approximate surface area is 83.7 Å². The number of benzene rings is 1. The Hall–Kier alpha value is -1.13. The lowest BCUT2D eigenvalue weighted by molar-refractivity contribution is 0.204. The van der Waals surface area contributed by atoms with Crippen molar-refractivity contribution in [3.63, 3.8) is 0 Å². The number of rotatable bonds is 1. The van der Waals surface area contributed by atoms with Crippen LogP contribution in [0.25, 0.3) is 0 Å². The molecule has 0 aromatic heterocycles. The van der Waals surface area contributed by atoms with Crippen molar-refractivity contribution in [3.05, 3.63) is 34.9 Å². The van der Waals surface area contributed by atoms with Crippen LogP contribution in [-0.2, 0) is 4.74 Å². The fraction of sp³-hybridized carbons (Fsp3) is 0.273. The zero-order valence-electron chi connectivity index (χ0n) is 7.67. The molecular formula is C11H11ClO. The van der Waals surface area contributed by atoms with Crippen molar-refractivity contribution in [2.24, 2.45) is 0 Å². The molecule has 68 valence electrons. The molecule has 0 amide bonds. The van der Waals surface area contributed by atoms with Gasteiger partial charge >= 0.3 is 0 Å². The minimum absolute atomic E-state index is 0.139. The van der Waals surface area contributed by atoms with E-state index in [9.17, 15) is 0 Å². The van der Waals surface area contributed by atoms with E-state index in [0.717, 1.165) is 10.6 Å². The van der Waals surface area contributed by atoms with Gasteiger partial charge in [0.15, 0.2) is 0 Å².